The minimum Gasteiger partial charge on any atom is -0.207 e. The first-order chi connectivity index (χ1) is 8.87. The van der Waals surface area contributed by atoms with Crippen LogP contribution in [0.1, 0.15) is 16.7 Å². The average molecular weight is 380 g/mol. The van der Waals surface area contributed by atoms with Gasteiger partial charge in [-0.05, 0) is 60.5 Å². The average Bonchev–Trinajstić information content (AvgIpc) is 2.87. The van der Waals surface area contributed by atoms with E-state index in [0.29, 0.717) is 10.6 Å². The van der Waals surface area contributed by atoms with Crippen molar-refractivity contribution in [3.8, 4) is 0 Å². The van der Waals surface area contributed by atoms with Crippen LogP contribution in [0.5, 0.6) is 0 Å². The van der Waals surface area contributed by atoms with Gasteiger partial charge in [0.2, 0.25) is 10.0 Å². The third-order valence-electron chi connectivity index (χ3n) is 2.47. The molecule has 1 atom stereocenters. The molecule has 7 heteroatoms. The van der Waals surface area contributed by atoms with Gasteiger partial charge in [0, 0.05) is 15.8 Å². The Hall–Kier alpha value is -0.210. The van der Waals surface area contributed by atoms with Gasteiger partial charge < -0.3 is 0 Å². The highest BCUT2D eigenvalue weighted by Crippen LogP contribution is 2.26. The molecule has 0 radical (unpaired) electrons. The normalized spacial score (nSPS) is 13.6. The minimum absolute atomic E-state index is 0.121. The number of rotatable bonds is 5. The Morgan fingerprint density at radius 2 is 2.00 bits per heavy atom. The molecule has 0 saturated heterocycles. The van der Waals surface area contributed by atoms with E-state index in [1.165, 1.54) is 21.1 Å². The van der Waals surface area contributed by atoms with Crippen LogP contribution in [0.15, 0.2) is 32.3 Å². The van der Waals surface area contributed by atoms with Crippen LogP contribution in [0.3, 0.4) is 0 Å². The van der Waals surface area contributed by atoms with Gasteiger partial charge in [0.15, 0.2) is 0 Å². The molecule has 2 rings (SSSR count). The fourth-order valence-electron chi connectivity index (χ4n) is 1.70. The summed E-state index contributed by atoms with van der Waals surface area (Å²) in [4.78, 5) is 2.44. The summed E-state index contributed by atoms with van der Waals surface area (Å²) in [6, 6.07) is 7.33. The predicted molar refractivity (Wildman–Crippen MR) is 84.6 cm³/mol. The Kier molecular flexibility index (Phi) is 4.84. The molecule has 0 aromatic carbocycles. The number of sulfonamides is 1. The van der Waals surface area contributed by atoms with Crippen molar-refractivity contribution in [1.82, 2.24) is 4.72 Å². The van der Waals surface area contributed by atoms with Gasteiger partial charge in [-0.1, -0.05) is 0 Å². The fraction of sp³-hybridized carbons (Fsp3) is 0.333. The Labute approximate surface area is 129 Å². The molecule has 1 unspecified atom stereocenters. The van der Waals surface area contributed by atoms with E-state index in [2.05, 4.69) is 26.7 Å². The third kappa shape index (κ3) is 4.13. The second kappa shape index (κ2) is 6.05. The first-order valence-electron chi connectivity index (χ1n) is 5.70. The maximum atomic E-state index is 12.1. The number of nitrogens with one attached hydrogen (secondary N) is 1. The Morgan fingerprint density at radius 1 is 1.26 bits per heavy atom. The van der Waals surface area contributed by atoms with Crippen LogP contribution in [0.2, 0.25) is 0 Å². The lowest BCUT2D eigenvalue weighted by Crippen LogP contribution is -2.33. The van der Waals surface area contributed by atoms with Crippen molar-refractivity contribution >= 4 is 48.6 Å². The van der Waals surface area contributed by atoms with Crippen molar-refractivity contribution in [2.75, 3.05) is 0 Å². The predicted octanol–water partition coefficient (Wildman–Crippen LogP) is 3.79. The van der Waals surface area contributed by atoms with E-state index >= 15 is 0 Å². The number of halogens is 1. The summed E-state index contributed by atoms with van der Waals surface area (Å²) in [6.45, 7) is 3.93. The van der Waals surface area contributed by atoms with Gasteiger partial charge in [-0.2, -0.15) is 0 Å². The maximum Gasteiger partial charge on any atom is 0.250 e. The molecular formula is C12H14BrNO2S3. The Bertz CT molecular complexity index is 660. The molecule has 2 aromatic heterocycles. The van der Waals surface area contributed by atoms with Crippen molar-refractivity contribution in [1.29, 1.82) is 0 Å². The molecule has 1 N–H and O–H groups in total. The van der Waals surface area contributed by atoms with Crippen LogP contribution < -0.4 is 4.72 Å². The van der Waals surface area contributed by atoms with Gasteiger partial charge in [0.05, 0.1) is 3.79 Å². The number of hydrogen-bond donors (Lipinski definition) is 1. The highest BCUT2D eigenvalue weighted by molar-refractivity contribution is 9.11. The zero-order chi connectivity index (χ0) is 14.0. The summed E-state index contributed by atoms with van der Waals surface area (Å²) >= 11 is 6.19. The lowest BCUT2D eigenvalue weighted by atomic mass is 10.2. The van der Waals surface area contributed by atoms with E-state index in [-0.39, 0.29) is 6.04 Å². The van der Waals surface area contributed by atoms with E-state index in [9.17, 15) is 8.42 Å². The summed E-state index contributed by atoms with van der Waals surface area (Å²) in [5.41, 5.74) is 0. The first-order valence-corrected chi connectivity index (χ1v) is 9.61. The summed E-state index contributed by atoms with van der Waals surface area (Å²) in [7, 11) is -3.41. The zero-order valence-electron chi connectivity index (χ0n) is 10.5. The highest BCUT2D eigenvalue weighted by Gasteiger charge is 2.19. The quantitative estimate of drug-likeness (QED) is 0.858. The van der Waals surface area contributed by atoms with E-state index in [4.69, 9.17) is 0 Å². The largest absolute Gasteiger partial charge is 0.250 e. The molecule has 0 amide bonds. The maximum absolute atomic E-state index is 12.1. The van der Waals surface area contributed by atoms with Gasteiger partial charge in [-0.25, -0.2) is 13.1 Å². The zero-order valence-corrected chi connectivity index (χ0v) is 14.5. The molecule has 2 heterocycles. The van der Waals surface area contributed by atoms with Crippen molar-refractivity contribution in [3.05, 3.63) is 37.8 Å². The summed E-state index contributed by atoms with van der Waals surface area (Å²) in [6.07, 6.45) is 0.713. The van der Waals surface area contributed by atoms with Crippen molar-refractivity contribution < 1.29 is 8.42 Å². The van der Waals surface area contributed by atoms with Crippen molar-refractivity contribution in [2.24, 2.45) is 0 Å². The molecule has 0 fully saturated rings. The van der Waals surface area contributed by atoms with Crippen LogP contribution in [0.4, 0.5) is 0 Å². The molecule has 0 aliphatic rings. The van der Waals surface area contributed by atoms with Crippen molar-refractivity contribution in [2.45, 2.75) is 30.5 Å². The Morgan fingerprint density at radius 3 is 2.53 bits per heavy atom. The molecule has 2 aromatic rings. The van der Waals surface area contributed by atoms with Crippen LogP contribution in [0.25, 0.3) is 0 Å². The molecule has 0 spiro atoms. The third-order valence-corrected chi connectivity index (χ3v) is 7.20. The van der Waals surface area contributed by atoms with Crippen LogP contribution in [-0.2, 0) is 16.4 Å². The highest BCUT2D eigenvalue weighted by atomic mass is 79.9. The smallest absolute Gasteiger partial charge is 0.207 e. The van der Waals surface area contributed by atoms with E-state index in [1.807, 2.05) is 19.9 Å². The fourth-order valence-corrected chi connectivity index (χ4v) is 5.99. The molecule has 3 nitrogen and oxygen atoms in total. The molecule has 0 bridgehead atoms. The van der Waals surface area contributed by atoms with E-state index in [0.717, 1.165) is 3.79 Å². The van der Waals surface area contributed by atoms with Crippen LogP contribution >= 0.6 is 38.6 Å². The summed E-state index contributed by atoms with van der Waals surface area (Å²) in [5, 5.41) is 0. The number of aryl methyl sites for hydroxylation is 1. The van der Waals surface area contributed by atoms with Gasteiger partial charge in [0.25, 0.3) is 0 Å². The minimum atomic E-state index is -3.41. The lowest BCUT2D eigenvalue weighted by Gasteiger charge is -2.12. The van der Waals surface area contributed by atoms with Crippen LogP contribution in [0, 0.1) is 6.92 Å². The Balaban J connectivity index is 2.04. The van der Waals surface area contributed by atoms with Gasteiger partial charge in [-0.3, -0.25) is 0 Å². The summed E-state index contributed by atoms with van der Waals surface area (Å²) < 4.78 is 28.1. The molecule has 0 aliphatic carbocycles. The molecule has 19 heavy (non-hydrogen) atoms. The first kappa shape index (κ1) is 15.2. The van der Waals surface area contributed by atoms with Crippen molar-refractivity contribution in [3.63, 3.8) is 0 Å². The molecule has 0 aliphatic heterocycles. The van der Waals surface area contributed by atoms with E-state index < -0.39 is 10.0 Å². The second-order valence-electron chi connectivity index (χ2n) is 4.30. The van der Waals surface area contributed by atoms with Gasteiger partial charge in [0.1, 0.15) is 4.21 Å². The summed E-state index contributed by atoms with van der Waals surface area (Å²) in [5.74, 6) is 0. The van der Waals surface area contributed by atoms with Crippen LogP contribution in [-0.4, -0.2) is 14.5 Å². The number of thiophene rings is 2. The SMILES string of the molecule is Cc1ccc(CC(C)NS(=O)(=O)c2ccc(Br)s2)s1. The van der Waals surface area contributed by atoms with E-state index in [1.54, 1.807) is 23.5 Å². The van der Waals surface area contributed by atoms with Gasteiger partial charge in [-0.15, -0.1) is 22.7 Å². The molecule has 104 valence electrons. The topological polar surface area (TPSA) is 46.2 Å². The second-order valence-corrected chi connectivity index (χ2v) is 10.1. The van der Waals surface area contributed by atoms with Gasteiger partial charge >= 0.3 is 0 Å². The standard InChI is InChI=1S/C12H14BrNO2S3/c1-8(7-10-4-3-9(2)17-10)14-19(15,16)12-6-5-11(13)18-12/h3-6,8,14H,7H2,1-2H3. The molecular weight excluding hydrogens is 366 g/mol. The monoisotopic (exact) mass is 379 g/mol. The number of hydrogen-bond acceptors (Lipinski definition) is 4. The molecule has 0 saturated carbocycles. The lowest BCUT2D eigenvalue weighted by molar-refractivity contribution is 0.563.